The van der Waals surface area contributed by atoms with E-state index in [1.165, 1.54) is 6.21 Å². The van der Waals surface area contributed by atoms with Crippen molar-refractivity contribution < 1.29 is 14.6 Å². The summed E-state index contributed by atoms with van der Waals surface area (Å²) in [6, 6.07) is 17.8. The number of phenolic OH excluding ortho intramolecular Hbond substituents is 1. The smallest absolute Gasteiger partial charge is 0.277 e. The van der Waals surface area contributed by atoms with Gasteiger partial charge in [-0.05, 0) is 35.7 Å². The molecule has 0 heterocycles. The van der Waals surface area contributed by atoms with Gasteiger partial charge in [0.25, 0.3) is 5.91 Å². The molecule has 0 aliphatic carbocycles. The van der Waals surface area contributed by atoms with Gasteiger partial charge < -0.3 is 9.84 Å². The number of nitrogens with one attached hydrogen (secondary N) is 1. The van der Waals surface area contributed by atoms with Crippen molar-refractivity contribution in [3.63, 3.8) is 0 Å². The molecule has 5 nitrogen and oxygen atoms in total. The zero-order chi connectivity index (χ0) is 17.6. The van der Waals surface area contributed by atoms with Crippen LogP contribution in [0.5, 0.6) is 11.5 Å². The molecule has 0 aromatic heterocycles. The van der Waals surface area contributed by atoms with Gasteiger partial charge in [-0.25, -0.2) is 5.43 Å². The molecular formula is C19H15ClN2O3. The Bertz CT molecular complexity index is 924. The molecule has 25 heavy (non-hydrogen) atoms. The van der Waals surface area contributed by atoms with Crippen molar-refractivity contribution in [2.24, 2.45) is 5.10 Å². The molecule has 0 unspecified atom stereocenters. The fourth-order valence-corrected chi connectivity index (χ4v) is 2.39. The maximum absolute atomic E-state index is 11.7. The molecule has 1 amide bonds. The van der Waals surface area contributed by atoms with Crippen LogP contribution in [0.3, 0.4) is 0 Å². The zero-order valence-electron chi connectivity index (χ0n) is 13.1. The average Bonchev–Trinajstić information content (AvgIpc) is 2.63. The van der Waals surface area contributed by atoms with Gasteiger partial charge in [0.05, 0.1) is 6.21 Å². The lowest BCUT2D eigenvalue weighted by atomic mass is 10.1. The zero-order valence-corrected chi connectivity index (χ0v) is 13.9. The molecule has 0 radical (unpaired) electrons. The number of halogens is 1. The van der Waals surface area contributed by atoms with E-state index in [1.807, 2.05) is 30.3 Å². The molecule has 0 saturated heterocycles. The molecule has 3 rings (SSSR count). The summed E-state index contributed by atoms with van der Waals surface area (Å²) in [5.74, 6) is 0.246. The van der Waals surface area contributed by atoms with Gasteiger partial charge in [-0.15, -0.1) is 0 Å². The summed E-state index contributed by atoms with van der Waals surface area (Å²) < 4.78 is 5.31. The minimum atomic E-state index is -0.411. The molecule has 126 valence electrons. The van der Waals surface area contributed by atoms with Gasteiger partial charge in [0, 0.05) is 16.0 Å². The van der Waals surface area contributed by atoms with E-state index in [-0.39, 0.29) is 12.4 Å². The van der Waals surface area contributed by atoms with Gasteiger partial charge in [0.1, 0.15) is 11.5 Å². The maximum atomic E-state index is 11.7. The van der Waals surface area contributed by atoms with E-state index in [4.69, 9.17) is 16.3 Å². The second-order valence-corrected chi connectivity index (χ2v) is 5.70. The molecular weight excluding hydrogens is 340 g/mol. The monoisotopic (exact) mass is 354 g/mol. The normalized spacial score (nSPS) is 10.9. The Balaban J connectivity index is 1.58. The first-order valence-corrected chi connectivity index (χ1v) is 7.92. The number of ether oxygens (including phenoxy) is 1. The summed E-state index contributed by atoms with van der Waals surface area (Å²) >= 11 is 5.78. The molecule has 6 heteroatoms. The van der Waals surface area contributed by atoms with E-state index in [1.54, 1.807) is 30.3 Å². The molecule has 0 aliphatic heterocycles. The molecule has 0 aliphatic rings. The number of phenols is 1. The highest BCUT2D eigenvalue weighted by molar-refractivity contribution is 6.30. The van der Waals surface area contributed by atoms with E-state index in [0.717, 1.165) is 10.8 Å². The molecule has 0 bridgehead atoms. The van der Waals surface area contributed by atoms with Crippen LogP contribution >= 0.6 is 11.6 Å². The predicted molar refractivity (Wildman–Crippen MR) is 98.3 cm³/mol. The van der Waals surface area contributed by atoms with Gasteiger partial charge in [0.2, 0.25) is 0 Å². The number of nitrogens with zero attached hydrogens (tertiary/aromatic N) is 1. The van der Waals surface area contributed by atoms with Crippen LogP contribution in [0.2, 0.25) is 5.02 Å². The summed E-state index contributed by atoms with van der Waals surface area (Å²) in [4.78, 5) is 11.7. The molecule has 3 aromatic rings. The predicted octanol–water partition coefficient (Wildman–Crippen LogP) is 3.73. The second-order valence-electron chi connectivity index (χ2n) is 5.26. The fourth-order valence-electron chi connectivity index (χ4n) is 2.26. The van der Waals surface area contributed by atoms with Crippen molar-refractivity contribution in [2.45, 2.75) is 0 Å². The van der Waals surface area contributed by atoms with Gasteiger partial charge in [-0.2, -0.15) is 5.10 Å². The number of hydrogen-bond donors (Lipinski definition) is 2. The van der Waals surface area contributed by atoms with Gasteiger partial charge in [-0.3, -0.25) is 4.79 Å². The number of rotatable bonds is 5. The number of benzene rings is 3. The highest BCUT2D eigenvalue weighted by Crippen LogP contribution is 2.27. The minimum Gasteiger partial charge on any atom is -0.507 e. The van der Waals surface area contributed by atoms with Crippen molar-refractivity contribution in [3.05, 3.63) is 71.2 Å². The van der Waals surface area contributed by atoms with E-state index in [9.17, 15) is 9.90 Å². The van der Waals surface area contributed by atoms with Gasteiger partial charge in [0.15, 0.2) is 6.61 Å². The van der Waals surface area contributed by atoms with Crippen LogP contribution in [0.1, 0.15) is 5.56 Å². The third-order valence-corrected chi connectivity index (χ3v) is 3.76. The van der Waals surface area contributed by atoms with Crippen LogP contribution in [0.15, 0.2) is 65.8 Å². The molecule has 0 spiro atoms. The van der Waals surface area contributed by atoms with Gasteiger partial charge >= 0.3 is 0 Å². The third kappa shape index (κ3) is 4.28. The van der Waals surface area contributed by atoms with Crippen molar-refractivity contribution in [3.8, 4) is 11.5 Å². The SMILES string of the molecule is O=C(COc1ccc(Cl)cc1)N/N=C/c1ccc2ccccc2c1O. The van der Waals surface area contributed by atoms with Crippen molar-refractivity contribution >= 4 is 34.5 Å². The highest BCUT2D eigenvalue weighted by Gasteiger charge is 2.05. The Morgan fingerprint density at radius 1 is 1.12 bits per heavy atom. The molecule has 2 N–H and O–H groups in total. The summed E-state index contributed by atoms with van der Waals surface area (Å²) in [5, 5.41) is 16.3. The second kappa shape index (κ2) is 7.68. The maximum Gasteiger partial charge on any atom is 0.277 e. The first-order chi connectivity index (χ1) is 12.1. The van der Waals surface area contributed by atoms with Crippen molar-refractivity contribution in [2.75, 3.05) is 6.61 Å². The van der Waals surface area contributed by atoms with E-state index >= 15 is 0 Å². The van der Waals surface area contributed by atoms with Crippen LogP contribution in [-0.4, -0.2) is 23.8 Å². The van der Waals surface area contributed by atoms with Gasteiger partial charge in [-0.1, -0.05) is 41.9 Å². The lowest BCUT2D eigenvalue weighted by molar-refractivity contribution is -0.123. The Morgan fingerprint density at radius 2 is 1.88 bits per heavy atom. The quantitative estimate of drug-likeness (QED) is 0.541. The van der Waals surface area contributed by atoms with Crippen molar-refractivity contribution in [1.29, 1.82) is 0 Å². The van der Waals surface area contributed by atoms with Crippen LogP contribution in [0.25, 0.3) is 10.8 Å². The van der Waals surface area contributed by atoms with Crippen LogP contribution < -0.4 is 10.2 Å². The first kappa shape index (κ1) is 16.8. The molecule has 0 saturated carbocycles. The summed E-state index contributed by atoms with van der Waals surface area (Å²) in [7, 11) is 0. The van der Waals surface area contributed by atoms with E-state index in [0.29, 0.717) is 16.3 Å². The number of amides is 1. The third-order valence-electron chi connectivity index (χ3n) is 3.51. The average molecular weight is 355 g/mol. The fraction of sp³-hybridized carbons (Fsp3) is 0.0526. The molecule has 0 fully saturated rings. The number of hydrogen-bond acceptors (Lipinski definition) is 4. The Kier molecular flexibility index (Phi) is 5.16. The summed E-state index contributed by atoms with van der Waals surface area (Å²) in [6.07, 6.45) is 1.39. The summed E-state index contributed by atoms with van der Waals surface area (Å²) in [5.41, 5.74) is 2.87. The van der Waals surface area contributed by atoms with Crippen LogP contribution in [0.4, 0.5) is 0 Å². The van der Waals surface area contributed by atoms with Crippen LogP contribution in [0, 0.1) is 0 Å². The van der Waals surface area contributed by atoms with E-state index < -0.39 is 5.91 Å². The standard InChI is InChI=1S/C19H15ClN2O3/c20-15-7-9-16(10-8-15)25-12-18(23)22-21-11-14-6-5-13-3-1-2-4-17(13)19(14)24/h1-11,24H,12H2,(H,22,23)/b21-11+. The lowest BCUT2D eigenvalue weighted by Crippen LogP contribution is -2.24. The molecule has 3 aromatic carbocycles. The number of hydrazone groups is 1. The number of carbonyl (C=O) groups excluding carboxylic acids is 1. The Morgan fingerprint density at radius 3 is 2.68 bits per heavy atom. The minimum absolute atomic E-state index is 0.119. The number of fused-ring (bicyclic) bond motifs is 1. The number of aromatic hydroxyl groups is 1. The molecule has 0 atom stereocenters. The van der Waals surface area contributed by atoms with Crippen molar-refractivity contribution in [1.82, 2.24) is 5.43 Å². The largest absolute Gasteiger partial charge is 0.507 e. The Labute approximate surface area is 149 Å². The van der Waals surface area contributed by atoms with E-state index in [2.05, 4.69) is 10.5 Å². The topological polar surface area (TPSA) is 70.9 Å². The Hall–Kier alpha value is -3.05. The highest BCUT2D eigenvalue weighted by atomic mass is 35.5. The van der Waals surface area contributed by atoms with Crippen LogP contribution in [-0.2, 0) is 4.79 Å². The summed E-state index contributed by atoms with van der Waals surface area (Å²) in [6.45, 7) is -0.178. The first-order valence-electron chi connectivity index (χ1n) is 7.54. The number of carbonyl (C=O) groups is 1. The lowest BCUT2D eigenvalue weighted by Gasteiger charge is -2.05.